The molecule has 2 aromatic carbocycles. The first-order chi connectivity index (χ1) is 12.5. The minimum absolute atomic E-state index is 0.262. The molecule has 0 bridgehead atoms. The third-order valence-electron chi connectivity index (χ3n) is 4.06. The second kappa shape index (κ2) is 7.18. The van der Waals surface area contributed by atoms with Gasteiger partial charge < -0.3 is 10.1 Å². The molecular formula is C19H16N2O5. The number of amides is 3. The molecule has 0 aliphatic carbocycles. The van der Waals surface area contributed by atoms with Gasteiger partial charge in [-0.25, -0.2) is 4.79 Å². The van der Waals surface area contributed by atoms with Gasteiger partial charge in [0.25, 0.3) is 11.8 Å². The Balaban J connectivity index is 1.75. The molecule has 1 atom stereocenters. The van der Waals surface area contributed by atoms with Crippen molar-refractivity contribution in [3.8, 4) is 0 Å². The van der Waals surface area contributed by atoms with Gasteiger partial charge in [-0.3, -0.25) is 19.3 Å². The van der Waals surface area contributed by atoms with Gasteiger partial charge in [0.15, 0.2) is 6.04 Å². The van der Waals surface area contributed by atoms with Crippen LogP contribution in [-0.4, -0.2) is 42.2 Å². The van der Waals surface area contributed by atoms with Gasteiger partial charge in [0.05, 0.1) is 18.2 Å². The molecule has 132 valence electrons. The number of nitrogens with zero attached hydrogens (tertiary/aromatic N) is 1. The van der Waals surface area contributed by atoms with Crippen LogP contribution >= 0.6 is 0 Å². The molecule has 1 unspecified atom stereocenters. The molecule has 0 saturated carbocycles. The van der Waals surface area contributed by atoms with Gasteiger partial charge in [-0.05, 0) is 17.7 Å². The Kier molecular flexibility index (Phi) is 4.79. The number of benzene rings is 2. The average molecular weight is 352 g/mol. The summed E-state index contributed by atoms with van der Waals surface area (Å²) in [5, 5.41) is 2.52. The highest BCUT2D eigenvalue weighted by molar-refractivity contribution is 6.22. The van der Waals surface area contributed by atoms with E-state index >= 15 is 0 Å². The molecule has 3 amide bonds. The van der Waals surface area contributed by atoms with Crippen molar-refractivity contribution in [3.05, 3.63) is 71.3 Å². The van der Waals surface area contributed by atoms with Crippen LogP contribution in [0, 0.1) is 0 Å². The number of ether oxygens (including phenoxy) is 1. The fraction of sp³-hybridized carbons (Fsp3) is 0.158. The maximum Gasteiger partial charge on any atom is 0.333 e. The number of carbonyl (C=O) groups is 4. The SMILES string of the molecule is COC(=O)C(NC(=O)CN1C(=O)c2ccccc2C1=O)c1ccccc1. The van der Waals surface area contributed by atoms with Crippen LogP contribution in [0.2, 0.25) is 0 Å². The Hall–Kier alpha value is -3.48. The van der Waals surface area contributed by atoms with Crippen LogP contribution in [0.1, 0.15) is 32.3 Å². The van der Waals surface area contributed by atoms with Crippen molar-refractivity contribution in [2.45, 2.75) is 6.04 Å². The maximum absolute atomic E-state index is 12.4. The number of fused-ring (bicyclic) bond motifs is 1. The van der Waals surface area contributed by atoms with Crippen LogP contribution < -0.4 is 5.32 Å². The first-order valence-electron chi connectivity index (χ1n) is 7.90. The van der Waals surface area contributed by atoms with E-state index in [9.17, 15) is 19.2 Å². The Morgan fingerprint density at radius 2 is 1.50 bits per heavy atom. The summed E-state index contributed by atoms with van der Waals surface area (Å²) in [6, 6.07) is 13.9. The molecule has 26 heavy (non-hydrogen) atoms. The van der Waals surface area contributed by atoms with Crippen LogP contribution in [0.15, 0.2) is 54.6 Å². The van der Waals surface area contributed by atoms with Crippen molar-refractivity contribution in [1.29, 1.82) is 0 Å². The summed E-state index contributed by atoms with van der Waals surface area (Å²) in [5.41, 5.74) is 1.06. The lowest BCUT2D eigenvalue weighted by Gasteiger charge is -2.19. The smallest absolute Gasteiger partial charge is 0.333 e. The summed E-state index contributed by atoms with van der Waals surface area (Å²) in [6.07, 6.45) is 0. The van der Waals surface area contributed by atoms with Crippen molar-refractivity contribution in [2.75, 3.05) is 13.7 Å². The number of imide groups is 1. The van der Waals surface area contributed by atoms with E-state index < -0.39 is 36.3 Å². The van der Waals surface area contributed by atoms with Gasteiger partial charge in [0.2, 0.25) is 5.91 Å². The van der Waals surface area contributed by atoms with Crippen LogP contribution in [0.25, 0.3) is 0 Å². The molecular weight excluding hydrogens is 336 g/mol. The second-order valence-corrected chi connectivity index (χ2v) is 5.68. The first-order valence-corrected chi connectivity index (χ1v) is 7.90. The minimum Gasteiger partial charge on any atom is -0.467 e. The Bertz CT molecular complexity index is 844. The second-order valence-electron chi connectivity index (χ2n) is 5.68. The molecule has 0 radical (unpaired) electrons. The number of esters is 1. The first kappa shape index (κ1) is 17.3. The average Bonchev–Trinajstić information content (AvgIpc) is 2.91. The number of rotatable bonds is 5. The van der Waals surface area contributed by atoms with E-state index in [2.05, 4.69) is 5.32 Å². The van der Waals surface area contributed by atoms with Gasteiger partial charge in [-0.15, -0.1) is 0 Å². The molecule has 1 aliphatic rings. The van der Waals surface area contributed by atoms with Gasteiger partial charge in [-0.2, -0.15) is 0 Å². The lowest BCUT2D eigenvalue weighted by molar-refractivity contribution is -0.145. The standard InChI is InChI=1S/C19H16N2O5/c1-26-19(25)16(12-7-3-2-4-8-12)20-15(22)11-21-17(23)13-9-5-6-10-14(13)18(21)24/h2-10,16H,11H2,1H3,(H,20,22). The van der Waals surface area contributed by atoms with Crippen molar-refractivity contribution >= 4 is 23.7 Å². The van der Waals surface area contributed by atoms with E-state index in [4.69, 9.17) is 4.74 Å². The number of hydrogen-bond acceptors (Lipinski definition) is 5. The van der Waals surface area contributed by atoms with Crippen molar-refractivity contribution < 1.29 is 23.9 Å². The van der Waals surface area contributed by atoms with E-state index in [0.29, 0.717) is 5.56 Å². The molecule has 2 aromatic rings. The molecule has 0 saturated heterocycles. The molecule has 3 rings (SSSR count). The third-order valence-corrected chi connectivity index (χ3v) is 4.06. The topological polar surface area (TPSA) is 92.8 Å². The zero-order valence-corrected chi connectivity index (χ0v) is 14.0. The quantitative estimate of drug-likeness (QED) is 0.647. The molecule has 7 heteroatoms. The highest BCUT2D eigenvalue weighted by Crippen LogP contribution is 2.22. The number of methoxy groups -OCH3 is 1. The highest BCUT2D eigenvalue weighted by atomic mass is 16.5. The number of hydrogen-bond donors (Lipinski definition) is 1. The van der Waals surface area contributed by atoms with Crippen LogP contribution in [0.4, 0.5) is 0 Å². The summed E-state index contributed by atoms with van der Waals surface area (Å²) in [6.45, 7) is -0.479. The highest BCUT2D eigenvalue weighted by Gasteiger charge is 2.37. The fourth-order valence-electron chi connectivity index (χ4n) is 2.77. The van der Waals surface area contributed by atoms with Crippen LogP contribution in [0.5, 0.6) is 0 Å². The number of nitrogens with one attached hydrogen (secondary N) is 1. The summed E-state index contributed by atoms with van der Waals surface area (Å²) in [5.74, 6) is -2.35. The van der Waals surface area contributed by atoms with Gasteiger partial charge >= 0.3 is 5.97 Å². The van der Waals surface area contributed by atoms with E-state index in [1.165, 1.54) is 19.2 Å². The minimum atomic E-state index is -1.02. The molecule has 1 aliphatic heterocycles. The fourth-order valence-corrected chi connectivity index (χ4v) is 2.77. The predicted molar refractivity (Wildman–Crippen MR) is 91.2 cm³/mol. The Morgan fingerprint density at radius 1 is 0.962 bits per heavy atom. The summed E-state index contributed by atoms with van der Waals surface area (Å²) >= 11 is 0. The predicted octanol–water partition coefficient (Wildman–Crippen LogP) is 1.31. The Morgan fingerprint density at radius 3 is 2.04 bits per heavy atom. The van der Waals surface area contributed by atoms with Gasteiger partial charge in [0, 0.05) is 0 Å². The number of carbonyl (C=O) groups excluding carboxylic acids is 4. The lowest BCUT2D eigenvalue weighted by atomic mass is 10.1. The molecule has 1 heterocycles. The molecule has 0 aromatic heterocycles. The zero-order valence-electron chi connectivity index (χ0n) is 14.0. The largest absolute Gasteiger partial charge is 0.467 e. The van der Waals surface area contributed by atoms with Crippen molar-refractivity contribution in [2.24, 2.45) is 0 Å². The zero-order chi connectivity index (χ0) is 18.7. The van der Waals surface area contributed by atoms with E-state index in [-0.39, 0.29) is 11.1 Å². The van der Waals surface area contributed by atoms with E-state index in [1.54, 1.807) is 42.5 Å². The van der Waals surface area contributed by atoms with E-state index in [0.717, 1.165) is 4.90 Å². The summed E-state index contributed by atoms with van der Waals surface area (Å²) in [4.78, 5) is 49.9. The van der Waals surface area contributed by atoms with Crippen molar-refractivity contribution in [1.82, 2.24) is 10.2 Å². The molecule has 0 fully saturated rings. The van der Waals surface area contributed by atoms with Gasteiger partial charge in [0.1, 0.15) is 6.54 Å². The Labute approximate surface area is 149 Å². The van der Waals surface area contributed by atoms with Crippen LogP contribution in [-0.2, 0) is 14.3 Å². The normalized spacial score (nSPS) is 14.0. The molecule has 7 nitrogen and oxygen atoms in total. The third kappa shape index (κ3) is 3.19. The van der Waals surface area contributed by atoms with Crippen molar-refractivity contribution in [3.63, 3.8) is 0 Å². The monoisotopic (exact) mass is 352 g/mol. The summed E-state index contributed by atoms with van der Waals surface area (Å²) in [7, 11) is 1.22. The lowest BCUT2D eigenvalue weighted by Crippen LogP contribution is -2.43. The molecule has 0 spiro atoms. The van der Waals surface area contributed by atoms with E-state index in [1.807, 2.05) is 0 Å². The molecule has 1 N–H and O–H groups in total. The van der Waals surface area contributed by atoms with Gasteiger partial charge in [-0.1, -0.05) is 42.5 Å². The summed E-state index contributed by atoms with van der Waals surface area (Å²) < 4.78 is 4.73. The maximum atomic E-state index is 12.4. The van der Waals surface area contributed by atoms with Crippen LogP contribution in [0.3, 0.4) is 0 Å².